The molecule has 2 fully saturated rings. The average molecular weight is 197 g/mol. The molecule has 0 aromatic rings. The fourth-order valence-electron chi connectivity index (χ4n) is 2.44. The van der Waals surface area contributed by atoms with Gasteiger partial charge in [-0.2, -0.15) is 0 Å². The van der Waals surface area contributed by atoms with E-state index in [2.05, 4.69) is 6.92 Å². The highest BCUT2D eigenvalue weighted by Crippen LogP contribution is 2.50. The Hall–Kier alpha value is -0.730. The number of nitrogens with zero attached hydrogens (tertiary/aromatic N) is 1. The first-order valence-electron chi connectivity index (χ1n) is 5.40. The molecule has 3 atom stereocenters. The molecule has 1 amide bonds. The summed E-state index contributed by atoms with van der Waals surface area (Å²) in [5, 5.41) is 0. The Kier molecular flexibility index (Phi) is 2.02. The van der Waals surface area contributed by atoms with Crippen molar-refractivity contribution in [1.29, 1.82) is 0 Å². The molecule has 14 heavy (non-hydrogen) atoms. The number of ether oxygens (including phenoxy) is 1. The Bertz CT molecular complexity index is 257. The summed E-state index contributed by atoms with van der Waals surface area (Å²) in [5.41, 5.74) is -0.368. The molecule has 2 aliphatic rings. The zero-order valence-corrected chi connectivity index (χ0v) is 9.41. The summed E-state index contributed by atoms with van der Waals surface area (Å²) in [4.78, 5) is 13.7. The largest absolute Gasteiger partial charge is 0.444 e. The maximum Gasteiger partial charge on any atom is 0.410 e. The third kappa shape index (κ3) is 1.60. The minimum Gasteiger partial charge on any atom is -0.444 e. The Morgan fingerprint density at radius 2 is 2.07 bits per heavy atom. The first kappa shape index (κ1) is 9.81. The summed E-state index contributed by atoms with van der Waals surface area (Å²) in [6, 6.07) is 0.477. The minimum atomic E-state index is -0.368. The molecule has 1 heterocycles. The van der Waals surface area contributed by atoms with Gasteiger partial charge in [0.25, 0.3) is 0 Å². The van der Waals surface area contributed by atoms with Crippen LogP contribution in [0.5, 0.6) is 0 Å². The number of fused-ring (bicyclic) bond motifs is 1. The van der Waals surface area contributed by atoms with Crippen molar-refractivity contribution in [2.45, 2.75) is 45.8 Å². The normalized spacial score (nSPS) is 35.4. The highest BCUT2D eigenvalue weighted by atomic mass is 16.6. The average Bonchev–Trinajstić information content (AvgIpc) is 2.52. The lowest BCUT2D eigenvalue weighted by Gasteiger charge is -2.25. The van der Waals surface area contributed by atoms with Gasteiger partial charge in [-0.1, -0.05) is 6.92 Å². The van der Waals surface area contributed by atoms with Crippen LogP contribution in [0.25, 0.3) is 0 Å². The van der Waals surface area contributed by atoms with E-state index in [1.165, 1.54) is 0 Å². The predicted molar refractivity (Wildman–Crippen MR) is 54.0 cm³/mol. The summed E-state index contributed by atoms with van der Waals surface area (Å²) < 4.78 is 5.35. The van der Waals surface area contributed by atoms with Gasteiger partial charge in [0.2, 0.25) is 0 Å². The number of amides is 1. The summed E-state index contributed by atoms with van der Waals surface area (Å²) in [7, 11) is 0. The molecule has 1 saturated heterocycles. The van der Waals surface area contributed by atoms with Crippen molar-refractivity contribution >= 4 is 6.09 Å². The van der Waals surface area contributed by atoms with Crippen molar-refractivity contribution < 1.29 is 9.53 Å². The van der Waals surface area contributed by atoms with Gasteiger partial charge in [-0.15, -0.1) is 0 Å². The number of likely N-dealkylation sites (tertiary alicyclic amines) is 1. The first-order chi connectivity index (χ1) is 6.40. The molecule has 2 rings (SSSR count). The second-order valence-electron chi connectivity index (χ2n) is 5.48. The molecule has 0 aromatic heterocycles. The van der Waals surface area contributed by atoms with Crippen molar-refractivity contribution in [1.82, 2.24) is 4.90 Å². The molecular weight excluding hydrogens is 178 g/mol. The number of hydrogen-bond acceptors (Lipinski definition) is 2. The van der Waals surface area contributed by atoms with Crippen LogP contribution in [0.15, 0.2) is 0 Å². The van der Waals surface area contributed by atoms with Crippen molar-refractivity contribution in [3.8, 4) is 0 Å². The Labute approximate surface area is 85.4 Å². The molecule has 0 bridgehead atoms. The SMILES string of the molecule is C[C@@H]1C2CCN(C(=O)OC(C)(C)C)C21. The monoisotopic (exact) mass is 197 g/mol. The lowest BCUT2D eigenvalue weighted by Crippen LogP contribution is -2.37. The topological polar surface area (TPSA) is 29.5 Å². The zero-order valence-electron chi connectivity index (χ0n) is 9.41. The van der Waals surface area contributed by atoms with E-state index in [9.17, 15) is 4.79 Å². The van der Waals surface area contributed by atoms with Gasteiger partial charge < -0.3 is 9.64 Å². The third-order valence-corrected chi connectivity index (χ3v) is 3.20. The molecule has 0 aromatic carbocycles. The van der Waals surface area contributed by atoms with E-state index in [1.807, 2.05) is 25.7 Å². The zero-order chi connectivity index (χ0) is 10.5. The van der Waals surface area contributed by atoms with Crippen LogP contribution in [0.2, 0.25) is 0 Å². The third-order valence-electron chi connectivity index (χ3n) is 3.20. The highest BCUT2D eigenvalue weighted by Gasteiger charge is 2.56. The standard InChI is InChI=1S/C11H19NO2/c1-7-8-5-6-12(9(7)8)10(13)14-11(2,3)4/h7-9H,5-6H2,1-4H3/t7-,8?,9?/m1/s1. The van der Waals surface area contributed by atoms with Crippen LogP contribution >= 0.6 is 0 Å². The van der Waals surface area contributed by atoms with E-state index in [0.717, 1.165) is 18.9 Å². The highest BCUT2D eigenvalue weighted by molar-refractivity contribution is 5.69. The Morgan fingerprint density at radius 1 is 1.43 bits per heavy atom. The first-order valence-corrected chi connectivity index (χ1v) is 5.40. The molecule has 1 saturated carbocycles. The van der Waals surface area contributed by atoms with Crippen LogP contribution in [0.4, 0.5) is 4.79 Å². The van der Waals surface area contributed by atoms with E-state index in [1.54, 1.807) is 0 Å². The van der Waals surface area contributed by atoms with E-state index in [-0.39, 0.29) is 11.7 Å². The van der Waals surface area contributed by atoms with Crippen molar-refractivity contribution in [2.24, 2.45) is 11.8 Å². The van der Waals surface area contributed by atoms with Gasteiger partial charge in [0, 0.05) is 12.6 Å². The van der Waals surface area contributed by atoms with Gasteiger partial charge >= 0.3 is 6.09 Å². The molecule has 80 valence electrons. The van der Waals surface area contributed by atoms with Crippen LogP contribution < -0.4 is 0 Å². The maximum atomic E-state index is 11.7. The van der Waals surface area contributed by atoms with Crippen LogP contribution in [-0.2, 0) is 4.74 Å². The lowest BCUT2D eigenvalue weighted by molar-refractivity contribution is 0.0254. The second-order valence-corrected chi connectivity index (χ2v) is 5.48. The van der Waals surface area contributed by atoms with E-state index in [4.69, 9.17) is 4.74 Å². The number of piperidine rings is 1. The number of carbonyl (C=O) groups is 1. The van der Waals surface area contributed by atoms with E-state index >= 15 is 0 Å². The number of carbonyl (C=O) groups excluding carboxylic acids is 1. The van der Waals surface area contributed by atoms with Crippen LogP contribution in [0.3, 0.4) is 0 Å². The van der Waals surface area contributed by atoms with Gasteiger partial charge in [-0.3, -0.25) is 0 Å². The van der Waals surface area contributed by atoms with E-state index in [0.29, 0.717) is 12.0 Å². The molecule has 0 radical (unpaired) electrons. The summed E-state index contributed by atoms with van der Waals surface area (Å²) in [5.74, 6) is 1.44. The van der Waals surface area contributed by atoms with Gasteiger partial charge in [0.1, 0.15) is 5.60 Å². The molecular formula is C11H19NO2. The summed E-state index contributed by atoms with van der Waals surface area (Å²) in [6.45, 7) is 8.83. The quantitative estimate of drug-likeness (QED) is 0.596. The van der Waals surface area contributed by atoms with E-state index < -0.39 is 0 Å². The fraction of sp³-hybridized carbons (Fsp3) is 0.909. The van der Waals surface area contributed by atoms with Gasteiger partial charge in [-0.25, -0.2) is 4.79 Å². The van der Waals surface area contributed by atoms with Crippen molar-refractivity contribution in [3.63, 3.8) is 0 Å². The molecule has 0 spiro atoms. The van der Waals surface area contributed by atoms with Crippen molar-refractivity contribution in [3.05, 3.63) is 0 Å². The van der Waals surface area contributed by atoms with Crippen LogP contribution in [0, 0.1) is 11.8 Å². The molecule has 2 unspecified atom stereocenters. The number of hydrogen-bond donors (Lipinski definition) is 0. The lowest BCUT2D eigenvalue weighted by atomic mass is 10.2. The Balaban J connectivity index is 1.93. The second kappa shape index (κ2) is 2.88. The summed E-state index contributed by atoms with van der Waals surface area (Å²) >= 11 is 0. The molecule has 0 N–H and O–H groups in total. The maximum absolute atomic E-state index is 11.7. The fourth-order valence-corrected chi connectivity index (χ4v) is 2.44. The molecule has 3 nitrogen and oxygen atoms in total. The minimum absolute atomic E-state index is 0.130. The predicted octanol–water partition coefficient (Wildman–Crippen LogP) is 2.26. The van der Waals surface area contributed by atoms with Crippen LogP contribution in [0.1, 0.15) is 34.1 Å². The van der Waals surface area contributed by atoms with Crippen LogP contribution in [-0.4, -0.2) is 29.2 Å². The molecule has 1 aliphatic heterocycles. The smallest absolute Gasteiger partial charge is 0.410 e. The van der Waals surface area contributed by atoms with Gasteiger partial charge in [-0.05, 0) is 39.0 Å². The Morgan fingerprint density at radius 3 is 2.50 bits per heavy atom. The van der Waals surface area contributed by atoms with Gasteiger partial charge in [0.05, 0.1) is 0 Å². The van der Waals surface area contributed by atoms with Crippen molar-refractivity contribution in [2.75, 3.05) is 6.54 Å². The molecule has 3 heteroatoms. The van der Waals surface area contributed by atoms with Gasteiger partial charge in [0.15, 0.2) is 0 Å². The number of rotatable bonds is 0. The summed E-state index contributed by atoms with van der Waals surface area (Å²) in [6.07, 6.45) is 1.03. The molecule has 1 aliphatic carbocycles.